The Morgan fingerprint density at radius 3 is 1.44 bits per heavy atom. The van der Waals surface area contributed by atoms with Crippen LogP contribution in [0.25, 0.3) is 0 Å². The Balaban J connectivity index is 4.54. The predicted molar refractivity (Wildman–Crippen MR) is 183 cm³/mol. The molecule has 3 heteroatoms. The number of allylic oxidation sites excluding steroid dienone is 2. The smallest absolute Gasteiger partial charge is 0.320 e. The second kappa shape index (κ2) is 29.3. The zero-order valence-electron chi connectivity index (χ0n) is 29.3. The van der Waals surface area contributed by atoms with Crippen molar-refractivity contribution in [3.05, 3.63) is 11.6 Å². The molecule has 0 radical (unpaired) electrons. The fourth-order valence-electron chi connectivity index (χ4n) is 5.95. The Morgan fingerprint density at radius 1 is 0.610 bits per heavy atom. The molecule has 0 aliphatic carbocycles. The van der Waals surface area contributed by atoms with E-state index >= 15 is 0 Å². The first-order valence-electron chi connectivity index (χ1n) is 18.4. The maximum Gasteiger partial charge on any atom is 0.320 e. The van der Waals surface area contributed by atoms with E-state index in [0.717, 1.165) is 12.8 Å². The summed E-state index contributed by atoms with van der Waals surface area (Å²) >= 11 is 0. The van der Waals surface area contributed by atoms with Gasteiger partial charge in [0.05, 0.1) is 13.2 Å². The van der Waals surface area contributed by atoms with Crippen molar-refractivity contribution in [2.75, 3.05) is 13.2 Å². The highest BCUT2D eigenvalue weighted by Crippen LogP contribution is 2.20. The molecule has 0 rings (SSSR count). The third-order valence-corrected chi connectivity index (χ3v) is 8.98. The predicted octanol–water partition coefficient (Wildman–Crippen LogP) is 12.2. The monoisotopic (exact) mass is 578 g/mol. The van der Waals surface area contributed by atoms with E-state index in [1.54, 1.807) is 0 Å². The Labute approximate surface area is 259 Å². The van der Waals surface area contributed by atoms with Crippen LogP contribution in [0.2, 0.25) is 0 Å². The highest BCUT2D eigenvalue weighted by molar-refractivity contribution is 5.71. The van der Waals surface area contributed by atoms with Crippen LogP contribution in [0, 0.1) is 5.92 Å². The highest BCUT2D eigenvalue weighted by atomic mass is 16.5. The number of nitrogens with zero attached hydrogens (tertiary/aromatic N) is 1. The standard InChI is InChI=1S/C38H75NO2/c1-8-10-12-14-16-18-20-22-24-29-36(6)39(37(7)30-25-23-21-19-17-15-13-11-9-2)33-38(40)41-32-31-35(5)28-26-27-34(3)4/h27,35-37H,8-26,28-33H2,1-7H3. The first kappa shape index (κ1) is 40.2. The molecule has 0 spiro atoms. The molecule has 0 aliphatic rings. The Hall–Kier alpha value is -0.830. The maximum atomic E-state index is 12.9. The van der Waals surface area contributed by atoms with Crippen LogP contribution in [-0.2, 0) is 9.53 Å². The van der Waals surface area contributed by atoms with Crippen LogP contribution in [0.5, 0.6) is 0 Å². The Morgan fingerprint density at radius 2 is 1.02 bits per heavy atom. The van der Waals surface area contributed by atoms with Crippen molar-refractivity contribution < 1.29 is 9.53 Å². The van der Waals surface area contributed by atoms with Gasteiger partial charge >= 0.3 is 5.97 Å². The molecule has 0 aromatic heterocycles. The van der Waals surface area contributed by atoms with Crippen molar-refractivity contribution in [1.82, 2.24) is 4.90 Å². The van der Waals surface area contributed by atoms with Gasteiger partial charge in [-0.05, 0) is 65.7 Å². The summed E-state index contributed by atoms with van der Waals surface area (Å²) < 4.78 is 5.77. The molecule has 3 unspecified atom stereocenters. The third-order valence-electron chi connectivity index (χ3n) is 8.98. The molecule has 0 fully saturated rings. The van der Waals surface area contributed by atoms with E-state index in [-0.39, 0.29) is 5.97 Å². The molecule has 0 amide bonds. The van der Waals surface area contributed by atoms with E-state index in [4.69, 9.17) is 4.74 Å². The van der Waals surface area contributed by atoms with Crippen molar-refractivity contribution in [3.8, 4) is 0 Å². The maximum absolute atomic E-state index is 12.9. The SMILES string of the molecule is CCCCCCCCCCCC(C)N(CC(=O)OCCC(C)CCC=C(C)C)C(C)CCCCCCCCCCC. The van der Waals surface area contributed by atoms with Crippen LogP contribution in [0.4, 0.5) is 0 Å². The lowest BCUT2D eigenvalue weighted by molar-refractivity contribution is -0.146. The summed E-state index contributed by atoms with van der Waals surface area (Å²) in [5.74, 6) is 0.560. The fraction of sp³-hybridized carbons (Fsp3) is 0.921. The van der Waals surface area contributed by atoms with Gasteiger partial charge in [-0.25, -0.2) is 0 Å². The first-order valence-corrected chi connectivity index (χ1v) is 18.4. The summed E-state index contributed by atoms with van der Waals surface area (Å²) in [7, 11) is 0. The summed E-state index contributed by atoms with van der Waals surface area (Å²) in [4.78, 5) is 15.4. The number of esters is 1. The van der Waals surface area contributed by atoms with Crippen LogP contribution in [0.3, 0.4) is 0 Å². The van der Waals surface area contributed by atoms with E-state index < -0.39 is 0 Å². The van der Waals surface area contributed by atoms with Gasteiger partial charge in [-0.2, -0.15) is 0 Å². The van der Waals surface area contributed by atoms with Gasteiger partial charge in [0.2, 0.25) is 0 Å². The number of hydrogen-bond donors (Lipinski definition) is 0. The molecule has 0 bridgehead atoms. The van der Waals surface area contributed by atoms with Crippen LogP contribution < -0.4 is 0 Å². The lowest BCUT2D eigenvalue weighted by atomic mass is 10.0. The van der Waals surface area contributed by atoms with Gasteiger partial charge in [-0.3, -0.25) is 9.69 Å². The zero-order valence-corrected chi connectivity index (χ0v) is 29.3. The molecule has 0 N–H and O–H groups in total. The van der Waals surface area contributed by atoms with Gasteiger partial charge < -0.3 is 4.74 Å². The van der Waals surface area contributed by atoms with E-state index in [2.05, 4.69) is 59.4 Å². The lowest BCUT2D eigenvalue weighted by Crippen LogP contribution is -2.44. The van der Waals surface area contributed by atoms with Gasteiger partial charge in [0.1, 0.15) is 0 Å². The first-order chi connectivity index (χ1) is 19.8. The molecule has 0 aliphatic heterocycles. The molecular formula is C38H75NO2. The number of hydrogen-bond acceptors (Lipinski definition) is 3. The number of carbonyl (C=O) groups excluding carboxylic acids is 1. The highest BCUT2D eigenvalue weighted by Gasteiger charge is 2.23. The minimum Gasteiger partial charge on any atom is -0.465 e. The average Bonchev–Trinajstić information content (AvgIpc) is 2.93. The molecule has 3 nitrogen and oxygen atoms in total. The summed E-state index contributed by atoms with van der Waals surface area (Å²) in [5, 5.41) is 0. The van der Waals surface area contributed by atoms with Crippen LogP contribution >= 0.6 is 0 Å². The summed E-state index contributed by atoms with van der Waals surface area (Å²) in [6.07, 6.45) is 32.5. The van der Waals surface area contributed by atoms with Gasteiger partial charge in [0, 0.05) is 12.1 Å². The number of ether oxygens (including phenoxy) is 1. The minimum absolute atomic E-state index is 0.0284. The fourth-order valence-corrected chi connectivity index (χ4v) is 5.95. The van der Waals surface area contributed by atoms with E-state index in [1.807, 2.05) is 0 Å². The Kier molecular flexibility index (Phi) is 28.7. The molecular weight excluding hydrogens is 502 g/mol. The molecule has 41 heavy (non-hydrogen) atoms. The lowest BCUT2D eigenvalue weighted by Gasteiger charge is -2.34. The Bertz CT molecular complexity index is 569. The largest absolute Gasteiger partial charge is 0.465 e. The van der Waals surface area contributed by atoms with Gasteiger partial charge in [0.15, 0.2) is 0 Å². The summed E-state index contributed by atoms with van der Waals surface area (Å²) in [6.45, 7) is 16.9. The molecule has 0 aromatic rings. The van der Waals surface area contributed by atoms with Crippen LogP contribution in [-0.4, -0.2) is 36.1 Å². The van der Waals surface area contributed by atoms with Crippen LogP contribution in [0.15, 0.2) is 11.6 Å². The zero-order chi connectivity index (χ0) is 30.6. The topological polar surface area (TPSA) is 29.5 Å². The molecule has 0 aromatic carbocycles. The van der Waals surface area contributed by atoms with Gasteiger partial charge in [-0.15, -0.1) is 0 Å². The molecule has 0 saturated carbocycles. The molecule has 0 heterocycles. The molecule has 3 atom stereocenters. The second-order valence-corrected chi connectivity index (χ2v) is 13.6. The van der Waals surface area contributed by atoms with E-state index in [9.17, 15) is 4.79 Å². The van der Waals surface area contributed by atoms with Crippen molar-refractivity contribution >= 4 is 5.97 Å². The van der Waals surface area contributed by atoms with Gasteiger partial charge in [-0.1, -0.05) is 148 Å². The van der Waals surface area contributed by atoms with Crippen molar-refractivity contribution in [2.24, 2.45) is 5.92 Å². The summed E-state index contributed by atoms with van der Waals surface area (Å²) in [5.41, 5.74) is 1.39. The van der Waals surface area contributed by atoms with E-state index in [0.29, 0.717) is 31.2 Å². The second-order valence-electron chi connectivity index (χ2n) is 13.6. The third kappa shape index (κ3) is 26.5. The van der Waals surface area contributed by atoms with Crippen molar-refractivity contribution in [2.45, 2.75) is 208 Å². The average molecular weight is 578 g/mol. The normalized spacial score (nSPS) is 13.8. The van der Waals surface area contributed by atoms with Crippen molar-refractivity contribution in [1.29, 1.82) is 0 Å². The molecule has 244 valence electrons. The summed E-state index contributed by atoms with van der Waals surface area (Å²) in [6, 6.07) is 0.868. The van der Waals surface area contributed by atoms with Crippen LogP contribution in [0.1, 0.15) is 196 Å². The molecule has 0 saturated heterocycles. The van der Waals surface area contributed by atoms with Gasteiger partial charge in [0.25, 0.3) is 0 Å². The van der Waals surface area contributed by atoms with Crippen molar-refractivity contribution in [3.63, 3.8) is 0 Å². The number of rotatable bonds is 30. The number of unbranched alkanes of at least 4 members (excludes halogenated alkanes) is 16. The van der Waals surface area contributed by atoms with E-state index in [1.165, 1.54) is 140 Å². The minimum atomic E-state index is -0.0284. The number of carbonyl (C=O) groups is 1. The quantitative estimate of drug-likeness (QED) is 0.0483.